The van der Waals surface area contributed by atoms with Crippen molar-refractivity contribution in [3.63, 3.8) is 0 Å². The predicted octanol–water partition coefficient (Wildman–Crippen LogP) is 6.27. The quantitative estimate of drug-likeness (QED) is 0.109. The zero-order valence-corrected chi connectivity index (χ0v) is 24.4. The lowest BCUT2D eigenvalue weighted by Gasteiger charge is -2.14. The first-order valence-corrected chi connectivity index (χ1v) is 12.6. The fraction of sp³-hybridized carbons (Fsp3) is 0. The average molecular weight is 761 g/mol. The van der Waals surface area contributed by atoms with Crippen LogP contribution in [-0.2, 0) is 0 Å². The molecule has 4 aromatic carbocycles. The van der Waals surface area contributed by atoms with Gasteiger partial charge in [0.2, 0.25) is 58.2 Å². The molecule has 0 aromatic heterocycles. The third-order valence-electron chi connectivity index (χ3n) is 5.37. The SMILES string of the molecule is Br.Fc1cc[c]([Mg][c]2c(F)c(F)c(F)c(F)c2F)cc1.OB(Oc1c(F)c(F)c(F)c(F)c1F)Oc1c(F)c(F)c(F)c(F)c1F. The summed E-state index contributed by atoms with van der Waals surface area (Å²) >= 11 is -1.93. The van der Waals surface area contributed by atoms with Gasteiger partial charge in [-0.05, 0) is 12.1 Å². The van der Waals surface area contributed by atoms with Crippen molar-refractivity contribution in [3.05, 3.63) is 117 Å². The molecular formula is C24H6BBrF16MgO3. The van der Waals surface area contributed by atoms with E-state index in [2.05, 4.69) is 9.31 Å². The minimum Gasteiger partial charge on any atom is -0.496 e. The van der Waals surface area contributed by atoms with Gasteiger partial charge < -0.3 is 14.3 Å². The second-order valence-electron chi connectivity index (χ2n) is 8.19. The minimum atomic E-state index is -3.23. The standard InChI is InChI=1S/C12HBF10O3.C6F5.C6H4F.BrH.Mg/c14-1-3(16)7(20)11(8(21)4(1)17)25-13(24)26-12-9(22)5(18)2(15)6(19)10(12)23;7-2-1-3(8)5(10)6(11)4(2)9;7-6-4-2-1-3-5-6;;/h24H;;2-5H;1H;. The zero-order chi connectivity index (χ0) is 34.1. The second-order valence-corrected chi connectivity index (χ2v) is 10.1. The summed E-state index contributed by atoms with van der Waals surface area (Å²) in [4.78, 5) is 0. The van der Waals surface area contributed by atoms with Gasteiger partial charge in [-0.15, -0.1) is 17.0 Å². The van der Waals surface area contributed by atoms with Crippen LogP contribution in [0, 0.1) is 93.1 Å². The van der Waals surface area contributed by atoms with E-state index in [1.54, 1.807) is 0 Å². The molecule has 1 N–H and O–H groups in total. The number of benzene rings is 4. The fourth-order valence-corrected chi connectivity index (χ4v) is 4.71. The number of hydrogen-bond acceptors (Lipinski definition) is 3. The first-order valence-electron chi connectivity index (χ1n) is 11.2. The molecule has 0 radical (unpaired) electrons. The fourth-order valence-electron chi connectivity index (χ4n) is 3.21. The highest BCUT2D eigenvalue weighted by molar-refractivity contribution is 8.93. The lowest BCUT2D eigenvalue weighted by Crippen LogP contribution is -2.34. The van der Waals surface area contributed by atoms with Crippen LogP contribution in [0.1, 0.15) is 0 Å². The topological polar surface area (TPSA) is 38.7 Å². The van der Waals surface area contributed by atoms with Crippen molar-refractivity contribution in [2.45, 2.75) is 0 Å². The van der Waals surface area contributed by atoms with Crippen molar-refractivity contribution in [2.24, 2.45) is 0 Å². The highest BCUT2D eigenvalue weighted by atomic mass is 79.9. The van der Waals surface area contributed by atoms with Crippen LogP contribution < -0.4 is 16.7 Å². The second kappa shape index (κ2) is 15.5. The van der Waals surface area contributed by atoms with Gasteiger partial charge >= 0.3 is 27.7 Å². The minimum absolute atomic E-state index is 0. The van der Waals surface area contributed by atoms with Crippen LogP contribution >= 0.6 is 17.0 Å². The van der Waals surface area contributed by atoms with Crippen LogP contribution in [0.2, 0.25) is 0 Å². The lowest BCUT2D eigenvalue weighted by atomic mass is 10.2. The number of halogens is 17. The van der Waals surface area contributed by atoms with Crippen molar-refractivity contribution >= 4 is 52.1 Å². The Kier molecular flexibility index (Phi) is 13.1. The van der Waals surface area contributed by atoms with Crippen LogP contribution in [0.15, 0.2) is 24.3 Å². The van der Waals surface area contributed by atoms with Crippen LogP contribution in [0.4, 0.5) is 70.2 Å². The van der Waals surface area contributed by atoms with Gasteiger partial charge in [0, 0.05) is 0 Å². The smallest absolute Gasteiger partial charge is 0.496 e. The monoisotopic (exact) mass is 760 g/mol. The Labute approximate surface area is 265 Å². The van der Waals surface area contributed by atoms with Gasteiger partial charge in [-0.2, -0.15) is 21.3 Å². The third-order valence-corrected chi connectivity index (χ3v) is 7.23. The summed E-state index contributed by atoms with van der Waals surface area (Å²) < 4.78 is 216. The summed E-state index contributed by atoms with van der Waals surface area (Å²) in [5, 5.41) is 9.17. The molecule has 244 valence electrons. The predicted molar refractivity (Wildman–Crippen MR) is 130 cm³/mol. The van der Waals surface area contributed by atoms with E-state index in [1.165, 1.54) is 12.1 Å². The Morgan fingerprint density at radius 2 is 0.674 bits per heavy atom. The third kappa shape index (κ3) is 7.77. The molecule has 0 bridgehead atoms. The van der Waals surface area contributed by atoms with E-state index in [-0.39, 0.29) is 17.0 Å². The van der Waals surface area contributed by atoms with E-state index < -0.39 is 136 Å². The van der Waals surface area contributed by atoms with Gasteiger partial charge in [0.15, 0.2) is 29.0 Å². The molecule has 0 aliphatic rings. The van der Waals surface area contributed by atoms with Gasteiger partial charge in [0.05, 0.1) is 0 Å². The Hall–Kier alpha value is -3.37. The molecule has 0 amide bonds. The average Bonchev–Trinajstić information content (AvgIpc) is 3.02. The molecule has 0 unspecified atom stereocenters. The number of hydrogen-bond donors (Lipinski definition) is 1. The maximum atomic E-state index is 13.4. The van der Waals surface area contributed by atoms with Crippen molar-refractivity contribution in [1.29, 1.82) is 0 Å². The Bertz CT molecular complexity index is 1620. The molecule has 0 aliphatic carbocycles. The van der Waals surface area contributed by atoms with Gasteiger partial charge in [0.25, 0.3) is 0 Å². The van der Waals surface area contributed by atoms with Gasteiger partial charge in [-0.1, -0.05) is 15.8 Å². The first kappa shape index (κ1) is 38.8. The summed E-state index contributed by atoms with van der Waals surface area (Å²) in [5.41, 5.74) is 0. The molecule has 0 saturated heterocycles. The summed E-state index contributed by atoms with van der Waals surface area (Å²) in [6.45, 7) is 0. The molecule has 0 spiro atoms. The molecule has 0 heterocycles. The molecule has 0 fully saturated rings. The maximum absolute atomic E-state index is 13.4. The molecule has 4 aromatic rings. The maximum Gasteiger partial charge on any atom is 0.785 e. The molecule has 0 aliphatic heterocycles. The van der Waals surface area contributed by atoms with Crippen molar-refractivity contribution in [2.75, 3.05) is 0 Å². The van der Waals surface area contributed by atoms with E-state index in [0.717, 1.165) is 12.1 Å². The van der Waals surface area contributed by atoms with Crippen molar-refractivity contribution < 1.29 is 84.6 Å². The largest absolute Gasteiger partial charge is 0.785 e. The Morgan fingerprint density at radius 1 is 0.413 bits per heavy atom. The molecule has 3 nitrogen and oxygen atoms in total. The van der Waals surface area contributed by atoms with E-state index in [1.807, 2.05) is 0 Å². The molecular weight excluding hydrogens is 755 g/mol. The molecule has 22 heteroatoms. The lowest BCUT2D eigenvalue weighted by molar-refractivity contribution is 0.253. The highest BCUT2D eigenvalue weighted by Gasteiger charge is 2.35. The molecule has 46 heavy (non-hydrogen) atoms. The summed E-state index contributed by atoms with van der Waals surface area (Å²) in [6.07, 6.45) is 0. The van der Waals surface area contributed by atoms with E-state index >= 15 is 0 Å². The highest BCUT2D eigenvalue weighted by Crippen LogP contribution is 2.32. The van der Waals surface area contributed by atoms with Crippen LogP contribution in [-0.4, -0.2) is 32.7 Å². The van der Waals surface area contributed by atoms with Gasteiger partial charge in [-0.3, -0.25) is 0 Å². The van der Waals surface area contributed by atoms with E-state index in [0.29, 0.717) is 3.69 Å². The van der Waals surface area contributed by atoms with Crippen molar-refractivity contribution in [1.82, 2.24) is 0 Å². The Balaban J connectivity index is 0.000000328. The van der Waals surface area contributed by atoms with Crippen LogP contribution in [0.3, 0.4) is 0 Å². The zero-order valence-electron chi connectivity index (χ0n) is 21.3. The summed E-state index contributed by atoms with van der Waals surface area (Å²) in [6, 6.07) is 4.65. The summed E-state index contributed by atoms with van der Waals surface area (Å²) in [7, 11) is -3.23. The van der Waals surface area contributed by atoms with E-state index in [4.69, 9.17) is 5.02 Å². The van der Waals surface area contributed by atoms with Gasteiger partial charge in [0.1, 0.15) is 17.5 Å². The van der Waals surface area contributed by atoms with Gasteiger partial charge in [-0.25, -0.2) is 52.7 Å². The molecule has 4 rings (SSSR count). The normalized spacial score (nSPS) is 10.5. The van der Waals surface area contributed by atoms with Crippen LogP contribution in [0.5, 0.6) is 11.5 Å². The molecule has 0 atom stereocenters. The number of rotatable bonds is 6. The molecule has 0 saturated carbocycles. The van der Waals surface area contributed by atoms with E-state index in [9.17, 15) is 70.2 Å². The Morgan fingerprint density at radius 3 is 0.978 bits per heavy atom. The van der Waals surface area contributed by atoms with Crippen LogP contribution in [0.25, 0.3) is 0 Å². The summed E-state index contributed by atoms with van der Waals surface area (Å²) in [5.74, 6) is -40.0. The van der Waals surface area contributed by atoms with Crippen molar-refractivity contribution in [3.8, 4) is 11.5 Å². The first-order chi connectivity index (χ1) is 20.9.